The highest BCUT2D eigenvalue weighted by Gasteiger charge is 2.59. The lowest BCUT2D eigenvalue weighted by Gasteiger charge is -2.54. The molecule has 0 bridgehead atoms. The standard InChI is InChI=1S/C83H119N3O22/c1-14-59-46(5)48(7)67(89)80(97-59)107-73-66(86-54(13)88)79(104-70-52(11)61(16-3)99-82(75(70)94-42-56-33-24-19-25-34-56)93-40-30-39-84-83(91)96-43-57-35-26-20-27-36-57)101-63(44-92-41-55-31-22-18-23-32-55)71(73)105-76-51(10)50(9)69(62(17-4)100-76)103-78-65(85-53(12)87)74(108-81-68(90)49(8)47(6)60(15-2)98-81)72-64(102-78)45-95-77(106-72)58-37-28-21-29-38-58/h18-29,31-38,46-52,59-82,89-90H,14-17,30,39-45H2,1-13H3,(H,84,91)(H,85,87)(H,86,88)/t46-,47-,48-,49-,50+,51?,52+,59?,60?,61?,62?,63?,64?,65?,66?,67?,68?,69-,70-,71-,72-,73+,74+,75?,76+,77?,78-,79-,80-,81-,82-/m0/s1. The number of hydrogen-bond acceptors (Lipinski definition) is 22. The summed E-state index contributed by atoms with van der Waals surface area (Å²) in [6, 6.07) is 36.3. The van der Waals surface area contributed by atoms with E-state index in [9.17, 15) is 24.6 Å². The predicted molar refractivity (Wildman–Crippen MR) is 395 cm³/mol. The van der Waals surface area contributed by atoms with Crippen molar-refractivity contribution in [2.75, 3.05) is 26.4 Å². The van der Waals surface area contributed by atoms with E-state index in [1.54, 1.807) is 0 Å². The van der Waals surface area contributed by atoms with Crippen molar-refractivity contribution >= 4 is 17.9 Å². The molecule has 0 aromatic heterocycles. The maximum Gasteiger partial charge on any atom is 0.407 e. The van der Waals surface area contributed by atoms with E-state index in [0.717, 1.165) is 22.3 Å². The first-order valence-corrected chi connectivity index (χ1v) is 39.4. The number of rotatable bonds is 31. The number of carbonyl (C=O) groups excluding carboxylic acids is 3. The van der Waals surface area contributed by atoms with Crippen molar-refractivity contribution in [3.05, 3.63) is 144 Å². The second kappa shape index (κ2) is 39.7. The summed E-state index contributed by atoms with van der Waals surface area (Å²) in [6.07, 6.45) is -17.8. The van der Waals surface area contributed by atoms with E-state index >= 15 is 0 Å². The number of benzene rings is 4. The maximum atomic E-state index is 14.2. The highest BCUT2D eigenvalue weighted by Crippen LogP contribution is 2.45. The Kier molecular flexibility index (Phi) is 30.6. The van der Waals surface area contributed by atoms with Crippen molar-refractivity contribution < 1.29 is 105 Å². The van der Waals surface area contributed by atoms with Crippen LogP contribution in [0.3, 0.4) is 0 Å². The smallest absolute Gasteiger partial charge is 0.407 e. The van der Waals surface area contributed by atoms with Crippen molar-refractivity contribution in [1.29, 1.82) is 0 Å². The molecule has 13 unspecified atom stereocenters. The van der Waals surface area contributed by atoms with Gasteiger partial charge in [-0.3, -0.25) is 9.59 Å². The molecule has 108 heavy (non-hydrogen) atoms. The number of nitrogens with one attached hydrogen (secondary N) is 3. The van der Waals surface area contributed by atoms with Crippen LogP contribution in [0.5, 0.6) is 0 Å². The third kappa shape index (κ3) is 20.6. The van der Waals surface area contributed by atoms with E-state index in [0.29, 0.717) is 32.1 Å². The summed E-state index contributed by atoms with van der Waals surface area (Å²) >= 11 is 0. The van der Waals surface area contributed by atoms with Gasteiger partial charge in [0.25, 0.3) is 0 Å². The van der Waals surface area contributed by atoms with Gasteiger partial charge in [-0.05, 0) is 78.4 Å². The molecule has 0 radical (unpaired) electrons. The third-order valence-electron chi connectivity index (χ3n) is 23.2. The fourth-order valence-corrected chi connectivity index (χ4v) is 16.2. The molecule has 7 fully saturated rings. The fraction of sp³-hybridized carbons (Fsp3) is 0.675. The Hall–Kier alpha value is -5.63. The van der Waals surface area contributed by atoms with Crippen molar-refractivity contribution in [3.63, 3.8) is 0 Å². The van der Waals surface area contributed by atoms with Crippen molar-refractivity contribution in [1.82, 2.24) is 16.0 Å². The lowest BCUT2D eigenvalue weighted by Crippen LogP contribution is -2.70. The zero-order valence-corrected chi connectivity index (χ0v) is 65.0. The number of hydrogen-bond donors (Lipinski definition) is 5. The first kappa shape index (κ1) is 83.3. The van der Waals surface area contributed by atoms with Gasteiger partial charge in [-0.2, -0.15) is 0 Å². The highest BCUT2D eigenvalue weighted by molar-refractivity contribution is 5.73. The molecule has 31 atom stereocenters. The lowest BCUT2D eigenvalue weighted by molar-refractivity contribution is -0.393. The van der Waals surface area contributed by atoms with Crippen molar-refractivity contribution in [2.45, 2.75) is 290 Å². The molecule has 598 valence electrons. The molecule has 11 rings (SSSR count). The van der Waals surface area contributed by atoms with E-state index in [4.69, 9.17) is 80.5 Å². The van der Waals surface area contributed by atoms with E-state index in [-0.39, 0.29) is 99.8 Å². The van der Waals surface area contributed by atoms with Crippen LogP contribution in [-0.2, 0) is 110 Å². The molecule has 0 saturated carbocycles. The number of aliphatic hydroxyl groups is 2. The summed E-state index contributed by atoms with van der Waals surface area (Å²) in [5.41, 5.74) is 3.44. The van der Waals surface area contributed by atoms with Gasteiger partial charge in [0.15, 0.2) is 44.0 Å². The van der Waals surface area contributed by atoms with Gasteiger partial charge in [-0.25, -0.2) is 4.79 Å². The molecule has 7 aliphatic heterocycles. The van der Waals surface area contributed by atoms with E-state index in [2.05, 4.69) is 36.7 Å². The third-order valence-corrected chi connectivity index (χ3v) is 23.2. The van der Waals surface area contributed by atoms with Crippen LogP contribution in [0, 0.1) is 41.4 Å². The molecule has 7 heterocycles. The minimum atomic E-state index is -1.33. The van der Waals surface area contributed by atoms with Crippen molar-refractivity contribution in [2.24, 2.45) is 41.4 Å². The van der Waals surface area contributed by atoms with E-state index < -0.39 is 153 Å². The Morgan fingerprint density at radius 1 is 0.435 bits per heavy atom. The summed E-state index contributed by atoms with van der Waals surface area (Å²) in [5.74, 6) is -2.53. The Bertz CT molecular complexity index is 3350. The van der Waals surface area contributed by atoms with Crippen LogP contribution in [0.1, 0.15) is 151 Å². The molecular formula is C83H119N3O22. The molecule has 7 saturated heterocycles. The molecular weight excluding hydrogens is 1390 g/mol. The van der Waals surface area contributed by atoms with Crippen LogP contribution in [-0.4, -0.2) is 196 Å². The van der Waals surface area contributed by atoms with Gasteiger partial charge in [-0.15, -0.1) is 0 Å². The van der Waals surface area contributed by atoms with Crippen LogP contribution in [0.4, 0.5) is 4.79 Å². The van der Waals surface area contributed by atoms with Crippen LogP contribution >= 0.6 is 0 Å². The van der Waals surface area contributed by atoms with Gasteiger partial charge in [-0.1, -0.05) is 197 Å². The van der Waals surface area contributed by atoms with Gasteiger partial charge in [0.1, 0.15) is 73.6 Å². The number of fused-ring (bicyclic) bond motifs is 1. The maximum absolute atomic E-state index is 14.2. The predicted octanol–water partition coefficient (Wildman–Crippen LogP) is 10.3. The summed E-state index contributed by atoms with van der Waals surface area (Å²) in [5, 5.41) is 33.5. The minimum absolute atomic E-state index is 0.0328. The van der Waals surface area contributed by atoms with Crippen LogP contribution in [0.15, 0.2) is 121 Å². The number of carbonyl (C=O) groups is 3. The van der Waals surface area contributed by atoms with Crippen LogP contribution in [0.25, 0.3) is 0 Å². The highest BCUT2D eigenvalue weighted by atomic mass is 16.8. The molecule has 25 nitrogen and oxygen atoms in total. The summed E-state index contributed by atoms with van der Waals surface area (Å²) < 4.78 is 117. The first-order valence-electron chi connectivity index (χ1n) is 39.4. The Morgan fingerprint density at radius 2 is 0.907 bits per heavy atom. The number of alkyl carbamates (subject to hydrolysis) is 1. The molecule has 0 aliphatic carbocycles. The monoisotopic (exact) mass is 1510 g/mol. The Labute approximate surface area is 637 Å². The number of aliphatic hydroxyl groups excluding tert-OH is 2. The van der Waals surface area contributed by atoms with E-state index in [1.165, 1.54) is 13.8 Å². The SMILES string of the molecule is CCC1O[C@@H](O[C@@H]2C(NC(C)=O)[C@H](O[C@@H]3C(CC)O[C@H](O[C@H]4C(COCc5ccccc5)O[C@@H](O[C@@H]5C(OCc6ccccc6)[C@@H](OCCCNC(=O)OCc6ccccc6)OC(CC)[C@H]5C)C(NC(C)=O)[C@H]4O[C@@H]4OC(CC)[C@@H](C)[C@H](C)C4O)C(C)[C@H]3C)OC3COC(c4ccccc4)O[C@@H]32)C(O)[C@@H](C)[C@@H]1C. The van der Waals surface area contributed by atoms with Crippen molar-refractivity contribution in [3.8, 4) is 0 Å². The molecule has 3 amide bonds. The molecule has 25 heteroatoms. The summed E-state index contributed by atoms with van der Waals surface area (Å²) in [6.45, 7) is 26.0. The topological polar surface area (TPSA) is 285 Å². The number of ether oxygens (including phenoxy) is 17. The normalized spacial score (nSPS) is 38.5. The van der Waals surface area contributed by atoms with Gasteiger partial charge in [0.05, 0.1) is 69.7 Å². The van der Waals surface area contributed by atoms with Crippen LogP contribution in [0.2, 0.25) is 0 Å². The second-order valence-corrected chi connectivity index (χ2v) is 30.5. The average Bonchev–Trinajstić information content (AvgIpc) is 0.666. The Morgan fingerprint density at radius 3 is 1.48 bits per heavy atom. The molecule has 0 spiro atoms. The number of amides is 3. The van der Waals surface area contributed by atoms with Gasteiger partial charge >= 0.3 is 6.09 Å². The van der Waals surface area contributed by atoms with Gasteiger partial charge < -0.3 is 107 Å². The van der Waals surface area contributed by atoms with E-state index in [1.807, 2.05) is 177 Å². The first-order chi connectivity index (χ1) is 52.2. The van der Waals surface area contributed by atoms with Crippen LogP contribution < -0.4 is 16.0 Å². The average molecular weight is 1510 g/mol. The second-order valence-electron chi connectivity index (χ2n) is 30.5. The van der Waals surface area contributed by atoms with Gasteiger partial charge in [0, 0.05) is 37.8 Å². The zero-order chi connectivity index (χ0) is 76.7. The molecule has 4 aromatic rings. The lowest BCUT2D eigenvalue weighted by atomic mass is 9.82. The molecule has 4 aromatic carbocycles. The Balaban J connectivity index is 0.907. The quantitative estimate of drug-likeness (QED) is 0.0293. The zero-order valence-electron chi connectivity index (χ0n) is 65.0. The molecule has 5 N–H and O–H groups in total. The van der Waals surface area contributed by atoms with Gasteiger partial charge in [0.2, 0.25) is 11.8 Å². The largest absolute Gasteiger partial charge is 0.445 e. The molecule has 7 aliphatic rings. The fourth-order valence-electron chi connectivity index (χ4n) is 16.2. The summed E-state index contributed by atoms with van der Waals surface area (Å²) in [4.78, 5) is 40.6. The summed E-state index contributed by atoms with van der Waals surface area (Å²) in [7, 11) is 0. The minimum Gasteiger partial charge on any atom is -0.445 e.